The first kappa shape index (κ1) is 13.8. The molecule has 1 aromatic carbocycles. The second-order valence-corrected chi connectivity index (χ2v) is 4.89. The Hall–Kier alpha value is -1.62. The summed E-state index contributed by atoms with van der Waals surface area (Å²) in [5.41, 5.74) is -1.29. The Morgan fingerprint density at radius 2 is 2.05 bits per heavy atom. The Kier molecular flexibility index (Phi) is 3.75. The van der Waals surface area contributed by atoms with E-state index in [1.807, 2.05) is 0 Å². The van der Waals surface area contributed by atoms with Gasteiger partial charge < -0.3 is 9.84 Å². The summed E-state index contributed by atoms with van der Waals surface area (Å²) in [5.74, 6) is -1.33. The van der Waals surface area contributed by atoms with Gasteiger partial charge in [0.05, 0.1) is 12.7 Å². The van der Waals surface area contributed by atoms with E-state index in [1.165, 1.54) is 19.2 Å². The van der Waals surface area contributed by atoms with Crippen LogP contribution in [0.4, 0.5) is 4.39 Å². The van der Waals surface area contributed by atoms with E-state index in [1.54, 1.807) is 17.9 Å². The Morgan fingerprint density at radius 3 is 2.58 bits per heavy atom. The topological polar surface area (TPSA) is 49.8 Å². The predicted molar refractivity (Wildman–Crippen MR) is 68.7 cm³/mol. The van der Waals surface area contributed by atoms with Gasteiger partial charge >= 0.3 is 5.97 Å². The molecule has 0 aliphatic carbocycles. The minimum Gasteiger partial charge on any atom is -0.496 e. The largest absolute Gasteiger partial charge is 0.496 e. The van der Waals surface area contributed by atoms with Gasteiger partial charge in [0.1, 0.15) is 17.1 Å². The van der Waals surface area contributed by atoms with E-state index in [4.69, 9.17) is 4.74 Å². The average Bonchev–Trinajstić information content (AvgIpc) is 2.91. The molecule has 1 heterocycles. The lowest BCUT2D eigenvalue weighted by Gasteiger charge is -2.36. The number of aliphatic carboxylic acids is 1. The summed E-state index contributed by atoms with van der Waals surface area (Å²) >= 11 is 0. The van der Waals surface area contributed by atoms with Crippen LogP contribution in [0.15, 0.2) is 18.2 Å². The fraction of sp³-hybridized carbons (Fsp3) is 0.500. The van der Waals surface area contributed by atoms with Crippen LogP contribution in [-0.4, -0.2) is 36.2 Å². The molecule has 0 aromatic heterocycles. The van der Waals surface area contributed by atoms with E-state index in [0.29, 0.717) is 13.1 Å². The van der Waals surface area contributed by atoms with Crippen LogP contribution >= 0.6 is 0 Å². The molecule has 2 rings (SSSR count). The van der Waals surface area contributed by atoms with Gasteiger partial charge in [-0.05, 0) is 45.0 Å². The maximum atomic E-state index is 14.2. The monoisotopic (exact) mass is 267 g/mol. The number of nitrogens with zero attached hydrogens (tertiary/aromatic N) is 1. The SMILES string of the molecule is COc1cccc(F)c1C(C)(C(=O)O)N1CCCC1. The molecule has 1 aliphatic rings. The van der Waals surface area contributed by atoms with Crippen molar-refractivity contribution in [3.63, 3.8) is 0 Å². The molecule has 0 amide bonds. The minimum absolute atomic E-state index is 0.104. The van der Waals surface area contributed by atoms with Gasteiger partial charge in [-0.15, -0.1) is 0 Å². The molecule has 0 spiro atoms. The van der Waals surface area contributed by atoms with Gasteiger partial charge in [0.25, 0.3) is 0 Å². The zero-order chi connectivity index (χ0) is 14.0. The molecule has 0 radical (unpaired) electrons. The third-order valence-electron chi connectivity index (χ3n) is 3.84. The third-order valence-corrected chi connectivity index (χ3v) is 3.84. The van der Waals surface area contributed by atoms with Crippen LogP contribution in [0, 0.1) is 5.82 Å². The number of hydrogen-bond acceptors (Lipinski definition) is 3. The number of hydrogen-bond donors (Lipinski definition) is 1. The molecule has 1 aliphatic heterocycles. The first-order valence-corrected chi connectivity index (χ1v) is 6.33. The Labute approximate surface area is 111 Å². The van der Waals surface area contributed by atoms with Crippen LogP contribution in [0.5, 0.6) is 5.75 Å². The zero-order valence-corrected chi connectivity index (χ0v) is 11.1. The van der Waals surface area contributed by atoms with Crippen molar-refractivity contribution in [3.05, 3.63) is 29.6 Å². The number of carboxylic acids is 1. The lowest BCUT2D eigenvalue weighted by molar-refractivity contribution is -0.151. The van der Waals surface area contributed by atoms with Crippen molar-refractivity contribution in [2.75, 3.05) is 20.2 Å². The van der Waals surface area contributed by atoms with Gasteiger partial charge in [0, 0.05) is 0 Å². The fourth-order valence-corrected chi connectivity index (χ4v) is 2.71. The van der Waals surface area contributed by atoms with E-state index in [-0.39, 0.29) is 11.3 Å². The quantitative estimate of drug-likeness (QED) is 0.909. The van der Waals surface area contributed by atoms with Crippen LogP contribution in [0.1, 0.15) is 25.3 Å². The fourth-order valence-electron chi connectivity index (χ4n) is 2.71. The summed E-state index contributed by atoms with van der Waals surface area (Å²) in [7, 11) is 1.42. The molecule has 1 aromatic rings. The summed E-state index contributed by atoms with van der Waals surface area (Å²) in [6.45, 7) is 2.85. The van der Waals surface area contributed by atoms with Gasteiger partial charge in [0.15, 0.2) is 0 Å². The number of likely N-dealkylation sites (tertiary alicyclic amines) is 1. The molecule has 1 unspecified atom stereocenters. The van der Waals surface area contributed by atoms with Gasteiger partial charge in [-0.25, -0.2) is 9.18 Å². The highest BCUT2D eigenvalue weighted by molar-refractivity contribution is 5.81. The molecule has 5 heteroatoms. The highest BCUT2D eigenvalue weighted by Crippen LogP contribution is 2.38. The molecule has 4 nitrogen and oxygen atoms in total. The van der Waals surface area contributed by atoms with Gasteiger partial charge in [0.2, 0.25) is 0 Å². The molecular formula is C14H18FNO3. The first-order valence-electron chi connectivity index (χ1n) is 6.33. The zero-order valence-electron chi connectivity index (χ0n) is 11.1. The highest BCUT2D eigenvalue weighted by Gasteiger charge is 2.46. The van der Waals surface area contributed by atoms with E-state index in [2.05, 4.69) is 0 Å². The second-order valence-electron chi connectivity index (χ2n) is 4.89. The molecule has 1 atom stereocenters. The van der Waals surface area contributed by atoms with Gasteiger partial charge in [-0.3, -0.25) is 4.90 Å². The maximum Gasteiger partial charge on any atom is 0.328 e. The van der Waals surface area contributed by atoms with Crippen LogP contribution in [-0.2, 0) is 10.3 Å². The number of halogens is 1. The minimum atomic E-state index is -1.40. The summed E-state index contributed by atoms with van der Waals surface area (Å²) in [5, 5.41) is 9.63. The summed E-state index contributed by atoms with van der Waals surface area (Å²) in [6.07, 6.45) is 1.86. The predicted octanol–water partition coefficient (Wildman–Crippen LogP) is 2.23. The number of methoxy groups -OCH3 is 1. The lowest BCUT2D eigenvalue weighted by Crippen LogP contribution is -2.49. The number of rotatable bonds is 4. The third kappa shape index (κ3) is 2.18. The molecule has 1 N–H and O–H groups in total. The van der Waals surface area contributed by atoms with E-state index < -0.39 is 17.3 Å². The summed E-state index contributed by atoms with van der Waals surface area (Å²) in [4.78, 5) is 13.6. The van der Waals surface area contributed by atoms with Crippen molar-refractivity contribution in [1.82, 2.24) is 4.90 Å². The van der Waals surface area contributed by atoms with Crippen LogP contribution in [0.3, 0.4) is 0 Å². The van der Waals surface area contributed by atoms with Gasteiger partial charge in [-0.2, -0.15) is 0 Å². The molecule has 0 bridgehead atoms. The van der Waals surface area contributed by atoms with Gasteiger partial charge in [-0.1, -0.05) is 6.07 Å². The van der Waals surface area contributed by atoms with Crippen molar-refractivity contribution < 1.29 is 19.0 Å². The average molecular weight is 267 g/mol. The molecule has 1 saturated heterocycles. The first-order chi connectivity index (χ1) is 9.01. The maximum absolute atomic E-state index is 14.2. The second kappa shape index (κ2) is 5.17. The molecule has 1 fully saturated rings. The van der Waals surface area contributed by atoms with Crippen molar-refractivity contribution >= 4 is 5.97 Å². The van der Waals surface area contributed by atoms with Crippen molar-refractivity contribution in [2.45, 2.75) is 25.3 Å². The summed E-state index contributed by atoms with van der Waals surface area (Å²) < 4.78 is 19.3. The number of ether oxygens (including phenoxy) is 1. The molecule has 19 heavy (non-hydrogen) atoms. The van der Waals surface area contributed by atoms with Crippen molar-refractivity contribution in [2.24, 2.45) is 0 Å². The Morgan fingerprint density at radius 1 is 1.42 bits per heavy atom. The number of carbonyl (C=O) groups is 1. The van der Waals surface area contributed by atoms with Crippen molar-refractivity contribution in [3.8, 4) is 5.75 Å². The highest BCUT2D eigenvalue weighted by atomic mass is 19.1. The number of benzene rings is 1. The van der Waals surface area contributed by atoms with E-state index in [9.17, 15) is 14.3 Å². The Balaban J connectivity index is 2.59. The lowest BCUT2D eigenvalue weighted by atomic mass is 9.89. The Bertz CT molecular complexity index is 486. The van der Waals surface area contributed by atoms with E-state index in [0.717, 1.165) is 12.8 Å². The smallest absolute Gasteiger partial charge is 0.328 e. The van der Waals surface area contributed by atoms with Crippen LogP contribution in [0.25, 0.3) is 0 Å². The molecule has 0 saturated carbocycles. The molecule has 104 valence electrons. The number of carboxylic acid groups (broad SMARTS) is 1. The van der Waals surface area contributed by atoms with Crippen LogP contribution < -0.4 is 4.74 Å². The molecular weight excluding hydrogens is 249 g/mol. The van der Waals surface area contributed by atoms with E-state index >= 15 is 0 Å². The normalized spacial score (nSPS) is 19.1. The van der Waals surface area contributed by atoms with Crippen LogP contribution in [0.2, 0.25) is 0 Å². The standard InChI is InChI=1S/C14H18FNO3/c1-14(13(17)18,16-8-3-4-9-16)12-10(15)6-5-7-11(12)19-2/h5-7H,3-4,8-9H2,1-2H3,(H,17,18). The van der Waals surface area contributed by atoms with Crippen molar-refractivity contribution in [1.29, 1.82) is 0 Å². The summed E-state index contributed by atoms with van der Waals surface area (Å²) in [6, 6.07) is 4.38.